The second-order valence-corrected chi connectivity index (χ2v) is 3.54. The number of carbonyl (C=O) groups is 1. The molecule has 5 nitrogen and oxygen atoms in total. The number of primary amides is 1. The maximum atomic E-state index is 11.6. The summed E-state index contributed by atoms with van der Waals surface area (Å²) < 4.78 is 1.28. The summed E-state index contributed by atoms with van der Waals surface area (Å²) in [5.74, 6) is -0.650. The molecule has 5 heteroatoms. The zero-order valence-corrected chi connectivity index (χ0v) is 8.73. The van der Waals surface area contributed by atoms with Crippen LogP contribution in [0.3, 0.4) is 0 Å². The van der Waals surface area contributed by atoms with Crippen LogP contribution in [-0.2, 0) is 0 Å². The van der Waals surface area contributed by atoms with Crippen molar-refractivity contribution in [2.24, 2.45) is 5.73 Å². The van der Waals surface area contributed by atoms with Gasteiger partial charge in [0.05, 0.1) is 5.69 Å². The quantitative estimate of drug-likeness (QED) is 0.771. The minimum absolute atomic E-state index is 0.102. The number of nitrogens with one attached hydrogen (secondary N) is 1. The van der Waals surface area contributed by atoms with E-state index in [4.69, 9.17) is 5.73 Å². The molecule has 1 aromatic heterocycles. The van der Waals surface area contributed by atoms with Crippen molar-refractivity contribution in [2.75, 3.05) is 0 Å². The van der Waals surface area contributed by atoms with E-state index in [1.54, 1.807) is 12.1 Å². The van der Waals surface area contributed by atoms with Crippen LogP contribution in [0.2, 0.25) is 0 Å². The minimum Gasteiger partial charge on any atom is -0.364 e. The molecule has 0 saturated carbocycles. The number of H-pyrrole nitrogens is 1. The minimum atomic E-state index is -0.650. The zero-order valence-electron chi connectivity index (χ0n) is 8.73. The fraction of sp³-hybridized carbons (Fsp3) is 0.0909. The van der Waals surface area contributed by atoms with E-state index in [1.165, 1.54) is 10.7 Å². The highest BCUT2D eigenvalue weighted by Crippen LogP contribution is 2.06. The molecular weight excluding hydrogens is 206 g/mol. The molecule has 0 saturated heterocycles. The largest absolute Gasteiger partial charge is 0.364 e. The van der Waals surface area contributed by atoms with Gasteiger partial charge in [0.2, 0.25) is 0 Å². The van der Waals surface area contributed by atoms with Gasteiger partial charge in [-0.15, -0.1) is 0 Å². The molecule has 82 valence electrons. The van der Waals surface area contributed by atoms with E-state index in [2.05, 4.69) is 5.10 Å². The first-order valence-corrected chi connectivity index (χ1v) is 4.77. The molecule has 0 aliphatic heterocycles. The third-order valence-corrected chi connectivity index (χ3v) is 2.28. The Balaban J connectivity index is 2.52. The summed E-state index contributed by atoms with van der Waals surface area (Å²) >= 11 is 0. The summed E-state index contributed by atoms with van der Waals surface area (Å²) in [7, 11) is 0. The molecule has 0 aliphatic rings. The van der Waals surface area contributed by atoms with Gasteiger partial charge in [-0.2, -0.15) is 0 Å². The molecule has 1 amide bonds. The predicted molar refractivity (Wildman–Crippen MR) is 59.6 cm³/mol. The van der Waals surface area contributed by atoms with Gasteiger partial charge < -0.3 is 5.73 Å². The van der Waals surface area contributed by atoms with Gasteiger partial charge in [0.1, 0.15) is 5.69 Å². The monoisotopic (exact) mass is 217 g/mol. The lowest BCUT2D eigenvalue weighted by Gasteiger charge is -2.01. The number of rotatable bonds is 2. The molecule has 0 atom stereocenters. The summed E-state index contributed by atoms with van der Waals surface area (Å²) in [5.41, 5.74) is 6.64. The lowest BCUT2D eigenvalue weighted by Crippen LogP contribution is -2.14. The normalized spacial score (nSPS) is 10.3. The molecule has 3 N–H and O–H groups in total. The Labute approximate surface area is 91.5 Å². The number of carbonyl (C=O) groups excluding carboxylic acids is 1. The number of aryl methyl sites for hydroxylation is 1. The van der Waals surface area contributed by atoms with Crippen LogP contribution in [0.25, 0.3) is 5.69 Å². The summed E-state index contributed by atoms with van der Waals surface area (Å²) in [6.45, 7) is 1.95. The SMILES string of the molecule is Cc1ccc(-n2[nH]c(C(N)=O)cc2=O)cc1. The molecule has 0 bridgehead atoms. The first kappa shape index (κ1) is 10.2. The molecule has 0 aliphatic carbocycles. The van der Waals surface area contributed by atoms with Crippen molar-refractivity contribution in [2.45, 2.75) is 6.92 Å². The van der Waals surface area contributed by atoms with E-state index in [0.717, 1.165) is 5.56 Å². The summed E-state index contributed by atoms with van der Waals surface area (Å²) in [5, 5.41) is 2.65. The summed E-state index contributed by atoms with van der Waals surface area (Å²) in [4.78, 5) is 22.4. The van der Waals surface area contributed by atoms with E-state index in [9.17, 15) is 9.59 Å². The number of aromatic amines is 1. The maximum Gasteiger partial charge on any atom is 0.271 e. The van der Waals surface area contributed by atoms with Crippen molar-refractivity contribution in [3.05, 3.63) is 51.9 Å². The number of amides is 1. The number of hydrogen-bond acceptors (Lipinski definition) is 2. The van der Waals surface area contributed by atoms with Gasteiger partial charge in [0.25, 0.3) is 11.5 Å². The Hall–Kier alpha value is -2.30. The van der Waals surface area contributed by atoms with Gasteiger partial charge in [-0.3, -0.25) is 14.7 Å². The van der Waals surface area contributed by atoms with Crippen LogP contribution in [0.15, 0.2) is 35.1 Å². The molecule has 1 aromatic carbocycles. The maximum absolute atomic E-state index is 11.6. The van der Waals surface area contributed by atoms with Crippen molar-refractivity contribution in [1.82, 2.24) is 9.78 Å². The molecular formula is C11H11N3O2. The van der Waals surface area contributed by atoms with Crippen molar-refractivity contribution < 1.29 is 4.79 Å². The summed E-state index contributed by atoms with van der Waals surface area (Å²) in [6.07, 6.45) is 0. The van der Waals surface area contributed by atoms with Gasteiger partial charge >= 0.3 is 0 Å². The highest BCUT2D eigenvalue weighted by molar-refractivity contribution is 5.90. The third-order valence-electron chi connectivity index (χ3n) is 2.28. The smallest absolute Gasteiger partial charge is 0.271 e. The number of aromatic nitrogens is 2. The Morgan fingerprint density at radius 3 is 2.44 bits per heavy atom. The molecule has 0 spiro atoms. The van der Waals surface area contributed by atoms with Gasteiger partial charge in [0.15, 0.2) is 0 Å². The fourth-order valence-electron chi connectivity index (χ4n) is 1.41. The van der Waals surface area contributed by atoms with Gasteiger partial charge in [-0.25, -0.2) is 4.68 Å². The molecule has 16 heavy (non-hydrogen) atoms. The average molecular weight is 217 g/mol. The highest BCUT2D eigenvalue weighted by atomic mass is 16.2. The first-order valence-electron chi connectivity index (χ1n) is 4.77. The van der Waals surface area contributed by atoms with E-state index in [-0.39, 0.29) is 11.3 Å². The van der Waals surface area contributed by atoms with Crippen molar-refractivity contribution in [3.8, 4) is 5.69 Å². The van der Waals surface area contributed by atoms with Crippen LogP contribution < -0.4 is 11.3 Å². The lowest BCUT2D eigenvalue weighted by molar-refractivity contribution is 0.0995. The van der Waals surface area contributed by atoms with Crippen LogP contribution in [0, 0.1) is 6.92 Å². The Kier molecular flexibility index (Phi) is 2.36. The van der Waals surface area contributed by atoms with Crippen LogP contribution in [-0.4, -0.2) is 15.7 Å². The molecule has 0 unspecified atom stereocenters. The van der Waals surface area contributed by atoms with Crippen LogP contribution >= 0.6 is 0 Å². The van der Waals surface area contributed by atoms with E-state index < -0.39 is 5.91 Å². The van der Waals surface area contributed by atoms with E-state index >= 15 is 0 Å². The summed E-state index contributed by atoms with van der Waals surface area (Å²) in [6, 6.07) is 8.53. The standard InChI is InChI=1S/C11H11N3O2/c1-7-2-4-8(5-3-7)14-10(15)6-9(13-14)11(12)16/h2-6,13H,1H3,(H2,12,16). The Bertz CT molecular complexity index is 578. The molecule has 2 rings (SSSR count). The second kappa shape index (κ2) is 3.69. The second-order valence-electron chi connectivity index (χ2n) is 3.54. The third kappa shape index (κ3) is 1.75. The van der Waals surface area contributed by atoms with Gasteiger partial charge in [0, 0.05) is 6.07 Å². The predicted octanol–water partition coefficient (Wildman–Crippen LogP) is 0.573. The van der Waals surface area contributed by atoms with Crippen molar-refractivity contribution in [1.29, 1.82) is 0 Å². The van der Waals surface area contributed by atoms with Crippen molar-refractivity contribution in [3.63, 3.8) is 0 Å². The number of nitrogens with two attached hydrogens (primary N) is 1. The van der Waals surface area contributed by atoms with Crippen LogP contribution in [0.4, 0.5) is 0 Å². The molecule has 0 fully saturated rings. The van der Waals surface area contributed by atoms with E-state index in [1.807, 2.05) is 19.1 Å². The first-order chi connectivity index (χ1) is 7.58. The average Bonchev–Trinajstić information content (AvgIpc) is 2.62. The highest BCUT2D eigenvalue weighted by Gasteiger charge is 2.08. The van der Waals surface area contributed by atoms with Crippen LogP contribution in [0.5, 0.6) is 0 Å². The zero-order chi connectivity index (χ0) is 11.7. The van der Waals surface area contributed by atoms with Gasteiger partial charge in [-0.1, -0.05) is 17.7 Å². The van der Waals surface area contributed by atoms with Crippen molar-refractivity contribution >= 4 is 5.91 Å². The number of benzene rings is 1. The topological polar surface area (TPSA) is 80.9 Å². The molecule has 2 aromatic rings. The Morgan fingerprint density at radius 2 is 1.94 bits per heavy atom. The van der Waals surface area contributed by atoms with Gasteiger partial charge in [-0.05, 0) is 19.1 Å². The number of nitrogens with zero attached hydrogens (tertiary/aromatic N) is 1. The Morgan fingerprint density at radius 1 is 1.31 bits per heavy atom. The molecule has 1 heterocycles. The van der Waals surface area contributed by atoms with E-state index in [0.29, 0.717) is 5.69 Å². The number of hydrogen-bond donors (Lipinski definition) is 2. The lowest BCUT2D eigenvalue weighted by atomic mass is 10.2. The molecule has 0 radical (unpaired) electrons. The van der Waals surface area contributed by atoms with Crippen LogP contribution in [0.1, 0.15) is 16.1 Å². The fourth-order valence-corrected chi connectivity index (χ4v) is 1.41.